The van der Waals surface area contributed by atoms with Crippen LogP contribution in [0.5, 0.6) is 0 Å². The Labute approximate surface area is 90.2 Å². The lowest BCUT2D eigenvalue weighted by Gasteiger charge is -2.34. The highest BCUT2D eigenvalue weighted by Crippen LogP contribution is 2.34. The van der Waals surface area contributed by atoms with E-state index in [2.05, 4.69) is 0 Å². The first-order valence-electron chi connectivity index (χ1n) is 5.43. The Morgan fingerprint density at radius 2 is 1.47 bits per heavy atom. The molecule has 0 radical (unpaired) electrons. The Kier molecular flexibility index (Phi) is 3.42. The summed E-state index contributed by atoms with van der Waals surface area (Å²) in [6, 6.07) is 0. The average molecular weight is 210 g/mol. The van der Waals surface area contributed by atoms with Gasteiger partial charge in [0, 0.05) is 18.3 Å². The summed E-state index contributed by atoms with van der Waals surface area (Å²) in [5.74, 6) is -1.00. The van der Waals surface area contributed by atoms with Crippen molar-refractivity contribution >= 4 is 17.3 Å². The van der Waals surface area contributed by atoms with Gasteiger partial charge in [-0.2, -0.15) is 0 Å². The molecule has 0 aromatic rings. The van der Waals surface area contributed by atoms with Crippen LogP contribution in [0, 0.1) is 23.7 Å². The van der Waals surface area contributed by atoms with E-state index in [-0.39, 0.29) is 41.5 Å². The Morgan fingerprint density at radius 1 is 1.07 bits per heavy atom. The minimum absolute atomic E-state index is 0.0548. The molecule has 0 aliphatic heterocycles. The molecule has 3 heteroatoms. The number of Topliss-reactive ketones (excluding diaryl/α,β-unsaturated/α-hetero) is 3. The summed E-state index contributed by atoms with van der Waals surface area (Å²) < 4.78 is 0. The molecule has 2 unspecified atom stereocenters. The summed E-state index contributed by atoms with van der Waals surface area (Å²) in [5, 5.41) is 0. The molecule has 0 aromatic heterocycles. The van der Waals surface area contributed by atoms with Crippen molar-refractivity contribution in [2.75, 3.05) is 0 Å². The molecule has 0 aromatic carbocycles. The highest BCUT2D eigenvalue weighted by molar-refractivity contribution is 6.08. The lowest BCUT2D eigenvalue weighted by atomic mass is 9.67. The first-order valence-corrected chi connectivity index (χ1v) is 5.43. The van der Waals surface area contributed by atoms with E-state index in [0.717, 1.165) is 0 Å². The molecule has 3 nitrogen and oxygen atoms in total. The van der Waals surface area contributed by atoms with Crippen LogP contribution in [-0.2, 0) is 14.4 Å². The molecular weight excluding hydrogens is 192 g/mol. The summed E-state index contributed by atoms with van der Waals surface area (Å²) in [4.78, 5) is 34.7. The van der Waals surface area contributed by atoms with Crippen LogP contribution in [0.15, 0.2) is 0 Å². The van der Waals surface area contributed by atoms with Gasteiger partial charge in [-0.05, 0) is 12.8 Å². The van der Waals surface area contributed by atoms with Crippen LogP contribution in [0.25, 0.3) is 0 Å². The van der Waals surface area contributed by atoms with Crippen LogP contribution in [0.4, 0.5) is 0 Å². The topological polar surface area (TPSA) is 51.2 Å². The second kappa shape index (κ2) is 4.25. The van der Waals surface area contributed by atoms with E-state index in [1.165, 1.54) is 6.92 Å². The summed E-state index contributed by atoms with van der Waals surface area (Å²) in [5.41, 5.74) is 0. The smallest absolute Gasteiger partial charge is 0.146 e. The van der Waals surface area contributed by atoms with Crippen molar-refractivity contribution < 1.29 is 14.4 Å². The number of hydrogen-bond donors (Lipinski definition) is 0. The lowest BCUT2D eigenvalue weighted by molar-refractivity contribution is -0.146. The molecule has 0 bridgehead atoms. The number of rotatable bonds is 2. The highest BCUT2D eigenvalue weighted by Gasteiger charge is 2.43. The summed E-state index contributed by atoms with van der Waals surface area (Å²) in [7, 11) is 0. The van der Waals surface area contributed by atoms with E-state index >= 15 is 0 Å². The SMILES string of the molecule is CC(=O)CC1C(=O)C(C)C(C)C(C)C1=O. The van der Waals surface area contributed by atoms with Gasteiger partial charge in [0.15, 0.2) is 0 Å². The Bertz CT molecular complexity index is 284. The average Bonchev–Trinajstić information content (AvgIpc) is 2.18. The van der Waals surface area contributed by atoms with Gasteiger partial charge in [-0.3, -0.25) is 14.4 Å². The molecule has 0 N–H and O–H groups in total. The molecule has 15 heavy (non-hydrogen) atoms. The zero-order valence-electron chi connectivity index (χ0n) is 9.74. The quantitative estimate of drug-likeness (QED) is 0.651. The summed E-state index contributed by atoms with van der Waals surface area (Å²) in [6.45, 7) is 7.05. The molecule has 1 rings (SSSR count). The van der Waals surface area contributed by atoms with E-state index in [0.29, 0.717) is 0 Å². The third-order valence-corrected chi connectivity index (χ3v) is 3.65. The van der Waals surface area contributed by atoms with Crippen LogP contribution in [0.1, 0.15) is 34.1 Å². The van der Waals surface area contributed by atoms with E-state index in [1.807, 2.05) is 20.8 Å². The third kappa shape index (κ3) is 2.16. The Morgan fingerprint density at radius 3 is 1.80 bits per heavy atom. The molecule has 0 amide bonds. The predicted molar refractivity (Wildman–Crippen MR) is 56.3 cm³/mol. The van der Waals surface area contributed by atoms with Crippen molar-refractivity contribution in [1.82, 2.24) is 0 Å². The van der Waals surface area contributed by atoms with Gasteiger partial charge in [0.05, 0.1) is 5.92 Å². The maximum atomic E-state index is 11.9. The Hall–Kier alpha value is -0.990. The van der Waals surface area contributed by atoms with Crippen LogP contribution in [-0.4, -0.2) is 17.3 Å². The maximum absolute atomic E-state index is 11.9. The normalized spacial score (nSPS) is 36.8. The van der Waals surface area contributed by atoms with Gasteiger partial charge in [-0.15, -0.1) is 0 Å². The molecule has 1 aliphatic carbocycles. The minimum atomic E-state index is -0.677. The van der Waals surface area contributed by atoms with Gasteiger partial charge in [0.25, 0.3) is 0 Å². The van der Waals surface area contributed by atoms with Gasteiger partial charge in [0.2, 0.25) is 0 Å². The van der Waals surface area contributed by atoms with Gasteiger partial charge < -0.3 is 0 Å². The number of hydrogen-bond acceptors (Lipinski definition) is 3. The molecule has 1 aliphatic rings. The van der Waals surface area contributed by atoms with Crippen molar-refractivity contribution in [2.45, 2.75) is 34.1 Å². The Balaban J connectivity index is 2.92. The van der Waals surface area contributed by atoms with E-state index in [1.54, 1.807) is 0 Å². The van der Waals surface area contributed by atoms with Crippen LogP contribution >= 0.6 is 0 Å². The van der Waals surface area contributed by atoms with E-state index in [4.69, 9.17) is 0 Å². The zero-order chi connectivity index (χ0) is 11.7. The first-order chi connectivity index (χ1) is 6.86. The molecular formula is C12H18O3. The predicted octanol–water partition coefficient (Wildman–Crippen LogP) is 1.64. The van der Waals surface area contributed by atoms with Crippen LogP contribution in [0.3, 0.4) is 0 Å². The molecule has 2 atom stereocenters. The molecule has 1 fully saturated rings. The van der Waals surface area contributed by atoms with Crippen LogP contribution < -0.4 is 0 Å². The molecule has 84 valence electrons. The summed E-state index contributed by atoms with van der Waals surface area (Å²) in [6.07, 6.45) is 0.0824. The van der Waals surface area contributed by atoms with Crippen molar-refractivity contribution in [2.24, 2.45) is 23.7 Å². The molecule has 0 saturated heterocycles. The zero-order valence-corrected chi connectivity index (χ0v) is 9.74. The van der Waals surface area contributed by atoms with Crippen molar-refractivity contribution in [3.05, 3.63) is 0 Å². The molecule has 0 heterocycles. The number of carbonyl (C=O) groups is 3. The van der Waals surface area contributed by atoms with E-state index < -0.39 is 5.92 Å². The van der Waals surface area contributed by atoms with Crippen molar-refractivity contribution in [3.8, 4) is 0 Å². The van der Waals surface area contributed by atoms with Gasteiger partial charge in [-0.25, -0.2) is 0 Å². The van der Waals surface area contributed by atoms with Gasteiger partial charge >= 0.3 is 0 Å². The molecule has 0 spiro atoms. The highest BCUT2D eigenvalue weighted by atomic mass is 16.2. The summed E-state index contributed by atoms with van der Waals surface area (Å²) >= 11 is 0. The van der Waals surface area contributed by atoms with Gasteiger partial charge in [0.1, 0.15) is 17.3 Å². The van der Waals surface area contributed by atoms with E-state index in [9.17, 15) is 14.4 Å². The number of carbonyl (C=O) groups excluding carboxylic acids is 3. The fraction of sp³-hybridized carbons (Fsp3) is 0.750. The third-order valence-electron chi connectivity index (χ3n) is 3.65. The maximum Gasteiger partial charge on any atom is 0.146 e. The largest absolute Gasteiger partial charge is 0.300 e. The minimum Gasteiger partial charge on any atom is -0.300 e. The monoisotopic (exact) mass is 210 g/mol. The van der Waals surface area contributed by atoms with Gasteiger partial charge in [-0.1, -0.05) is 20.8 Å². The van der Waals surface area contributed by atoms with Crippen molar-refractivity contribution in [1.29, 1.82) is 0 Å². The second-order valence-corrected chi connectivity index (χ2v) is 4.70. The fourth-order valence-corrected chi connectivity index (χ4v) is 2.21. The first kappa shape index (κ1) is 12.1. The standard InChI is InChI=1S/C12H18O3/c1-6(13)5-10-11(14)8(3)7(2)9(4)12(10)15/h7-10H,5H2,1-4H3. The lowest BCUT2D eigenvalue weighted by Crippen LogP contribution is -2.45. The fourth-order valence-electron chi connectivity index (χ4n) is 2.21. The van der Waals surface area contributed by atoms with Crippen LogP contribution in [0.2, 0.25) is 0 Å². The number of ketones is 3. The van der Waals surface area contributed by atoms with Crippen molar-refractivity contribution in [3.63, 3.8) is 0 Å². The molecule has 1 saturated carbocycles. The second-order valence-electron chi connectivity index (χ2n) is 4.70.